The van der Waals surface area contributed by atoms with Gasteiger partial charge in [0.2, 0.25) is 0 Å². The van der Waals surface area contributed by atoms with Crippen LogP contribution in [0.2, 0.25) is 0 Å². The maximum Gasteiger partial charge on any atom is 0.141 e. The first-order valence-electron chi connectivity index (χ1n) is 5.06. The van der Waals surface area contributed by atoms with Crippen molar-refractivity contribution in [1.29, 1.82) is 0 Å². The van der Waals surface area contributed by atoms with Crippen LogP contribution in [0.3, 0.4) is 0 Å². The molecule has 0 atom stereocenters. The normalized spacial score (nSPS) is 12.6. The molecule has 0 amide bonds. The van der Waals surface area contributed by atoms with E-state index < -0.39 is 0 Å². The average molecular weight is 230 g/mol. The summed E-state index contributed by atoms with van der Waals surface area (Å²) in [5.74, 6) is 1.71. The van der Waals surface area contributed by atoms with Gasteiger partial charge in [0.05, 0.1) is 16.4 Å². The number of para-hydroxylation sites is 1. The van der Waals surface area contributed by atoms with Gasteiger partial charge in [0.1, 0.15) is 11.5 Å². The smallest absolute Gasteiger partial charge is 0.141 e. The second-order valence-corrected chi connectivity index (χ2v) is 4.61. The number of benzene rings is 2. The summed E-state index contributed by atoms with van der Waals surface area (Å²) in [6, 6.07) is 13.7. The molecule has 0 radical (unpaired) electrons. The van der Waals surface area contributed by atoms with Crippen molar-refractivity contribution in [2.24, 2.45) is 0 Å². The van der Waals surface area contributed by atoms with E-state index in [0.717, 1.165) is 26.9 Å². The van der Waals surface area contributed by atoms with Crippen molar-refractivity contribution in [1.82, 2.24) is 0 Å². The van der Waals surface area contributed by atoms with Gasteiger partial charge in [-0.1, -0.05) is 36.0 Å². The molecule has 3 heteroatoms. The van der Waals surface area contributed by atoms with Gasteiger partial charge < -0.3 is 9.84 Å². The van der Waals surface area contributed by atoms with Crippen molar-refractivity contribution in [3.63, 3.8) is 0 Å². The molecule has 16 heavy (non-hydrogen) atoms. The van der Waals surface area contributed by atoms with E-state index >= 15 is 0 Å². The topological polar surface area (TPSA) is 29.5 Å². The summed E-state index contributed by atoms with van der Waals surface area (Å²) in [6.07, 6.45) is 0. The zero-order valence-corrected chi connectivity index (χ0v) is 9.33. The number of aliphatic hydroxyl groups excluding tert-OH is 1. The molecule has 2 nitrogen and oxygen atoms in total. The lowest BCUT2D eigenvalue weighted by molar-refractivity contribution is 0.277. The molecule has 0 spiro atoms. The van der Waals surface area contributed by atoms with Crippen LogP contribution < -0.4 is 4.74 Å². The van der Waals surface area contributed by atoms with Gasteiger partial charge in [-0.15, -0.1) is 0 Å². The Morgan fingerprint density at radius 2 is 1.81 bits per heavy atom. The van der Waals surface area contributed by atoms with E-state index in [0.29, 0.717) is 0 Å². The van der Waals surface area contributed by atoms with Crippen molar-refractivity contribution < 1.29 is 9.84 Å². The zero-order chi connectivity index (χ0) is 11.0. The predicted octanol–water partition coefficient (Wildman–Crippen LogP) is 3.44. The van der Waals surface area contributed by atoms with Crippen molar-refractivity contribution in [3.8, 4) is 11.5 Å². The third kappa shape index (κ3) is 1.49. The maximum atomic E-state index is 9.27. The fraction of sp³-hybridized carbons (Fsp3) is 0.0769. The summed E-state index contributed by atoms with van der Waals surface area (Å²) in [5, 5.41) is 9.27. The Morgan fingerprint density at radius 3 is 2.69 bits per heavy atom. The number of hydrogen-bond acceptors (Lipinski definition) is 3. The van der Waals surface area contributed by atoms with Gasteiger partial charge in [-0.25, -0.2) is 0 Å². The van der Waals surface area contributed by atoms with E-state index in [1.54, 1.807) is 11.8 Å². The minimum Gasteiger partial charge on any atom is -0.455 e. The number of fused-ring (bicyclic) bond motifs is 2. The van der Waals surface area contributed by atoms with Gasteiger partial charge in [0, 0.05) is 0 Å². The van der Waals surface area contributed by atoms with Crippen LogP contribution in [0.4, 0.5) is 0 Å². The van der Waals surface area contributed by atoms with Crippen LogP contribution in [0, 0.1) is 0 Å². The SMILES string of the molecule is OCc1cccc2c1Sc1ccccc1O2. The molecule has 1 heterocycles. The molecule has 3 rings (SSSR count). The summed E-state index contributed by atoms with van der Waals surface area (Å²) in [6.45, 7) is 0.0434. The van der Waals surface area contributed by atoms with E-state index in [-0.39, 0.29) is 6.61 Å². The molecule has 0 unspecified atom stereocenters. The maximum absolute atomic E-state index is 9.27. The lowest BCUT2D eigenvalue weighted by atomic mass is 10.2. The van der Waals surface area contributed by atoms with E-state index in [9.17, 15) is 5.11 Å². The van der Waals surface area contributed by atoms with Crippen LogP contribution in [-0.2, 0) is 6.61 Å². The molecule has 0 aromatic heterocycles. The predicted molar refractivity (Wildman–Crippen MR) is 63.0 cm³/mol. The van der Waals surface area contributed by atoms with Crippen LogP contribution in [0.1, 0.15) is 5.56 Å². The Bertz CT molecular complexity index is 537. The summed E-state index contributed by atoms with van der Waals surface area (Å²) >= 11 is 1.65. The molecule has 0 aliphatic carbocycles. The minimum atomic E-state index is 0.0434. The van der Waals surface area contributed by atoms with Gasteiger partial charge in [-0.3, -0.25) is 0 Å². The molecule has 1 aliphatic heterocycles. The van der Waals surface area contributed by atoms with Crippen LogP contribution in [-0.4, -0.2) is 5.11 Å². The minimum absolute atomic E-state index is 0.0434. The first-order valence-corrected chi connectivity index (χ1v) is 5.87. The van der Waals surface area contributed by atoms with Gasteiger partial charge in [0.25, 0.3) is 0 Å². The first kappa shape index (κ1) is 9.75. The Kier molecular flexibility index (Phi) is 2.35. The zero-order valence-electron chi connectivity index (χ0n) is 8.51. The van der Waals surface area contributed by atoms with Gasteiger partial charge in [0.15, 0.2) is 0 Å². The lowest BCUT2D eigenvalue weighted by Crippen LogP contribution is -1.98. The van der Waals surface area contributed by atoms with E-state index in [2.05, 4.69) is 0 Å². The molecule has 0 saturated heterocycles. The van der Waals surface area contributed by atoms with Crippen LogP contribution in [0.15, 0.2) is 52.3 Å². The second kappa shape index (κ2) is 3.85. The van der Waals surface area contributed by atoms with Crippen molar-refractivity contribution in [3.05, 3.63) is 48.0 Å². The standard InChI is InChI=1S/C13H10O2S/c14-8-9-4-3-6-11-13(9)16-12-7-2-1-5-10(12)15-11/h1-7,14H,8H2. The average Bonchev–Trinajstić information content (AvgIpc) is 2.35. The molecule has 80 valence electrons. The highest BCUT2D eigenvalue weighted by atomic mass is 32.2. The van der Waals surface area contributed by atoms with Crippen molar-refractivity contribution >= 4 is 11.8 Å². The van der Waals surface area contributed by atoms with Gasteiger partial charge >= 0.3 is 0 Å². The highest BCUT2D eigenvalue weighted by Crippen LogP contribution is 2.48. The fourth-order valence-electron chi connectivity index (χ4n) is 1.73. The Hall–Kier alpha value is -1.45. The van der Waals surface area contributed by atoms with E-state index in [4.69, 9.17) is 4.74 Å². The molecule has 2 aromatic carbocycles. The van der Waals surface area contributed by atoms with Gasteiger partial charge in [-0.05, 0) is 23.8 Å². The fourth-order valence-corrected chi connectivity index (χ4v) is 2.78. The molecular weight excluding hydrogens is 220 g/mol. The number of hydrogen-bond donors (Lipinski definition) is 1. The third-order valence-electron chi connectivity index (χ3n) is 2.51. The molecule has 0 bridgehead atoms. The number of aliphatic hydroxyl groups is 1. The van der Waals surface area contributed by atoms with Crippen LogP contribution >= 0.6 is 11.8 Å². The monoisotopic (exact) mass is 230 g/mol. The summed E-state index contributed by atoms with van der Waals surface area (Å²) in [5.41, 5.74) is 0.914. The highest BCUT2D eigenvalue weighted by Gasteiger charge is 2.19. The molecule has 2 aromatic rings. The summed E-state index contributed by atoms with van der Waals surface area (Å²) in [4.78, 5) is 2.11. The molecule has 0 fully saturated rings. The Labute approximate surface area is 97.9 Å². The first-order chi connectivity index (χ1) is 7.88. The van der Waals surface area contributed by atoms with Gasteiger partial charge in [-0.2, -0.15) is 0 Å². The van der Waals surface area contributed by atoms with Crippen LogP contribution in [0.25, 0.3) is 0 Å². The molecule has 0 saturated carbocycles. The Balaban J connectivity index is 2.12. The summed E-state index contributed by atoms with van der Waals surface area (Å²) in [7, 11) is 0. The van der Waals surface area contributed by atoms with E-state index in [1.807, 2.05) is 42.5 Å². The van der Waals surface area contributed by atoms with Crippen LogP contribution in [0.5, 0.6) is 11.5 Å². The number of rotatable bonds is 1. The Morgan fingerprint density at radius 1 is 1.00 bits per heavy atom. The second-order valence-electron chi connectivity index (χ2n) is 3.55. The highest BCUT2D eigenvalue weighted by molar-refractivity contribution is 7.99. The third-order valence-corrected chi connectivity index (χ3v) is 3.74. The largest absolute Gasteiger partial charge is 0.455 e. The van der Waals surface area contributed by atoms with E-state index in [1.165, 1.54) is 0 Å². The quantitative estimate of drug-likeness (QED) is 0.694. The molecule has 1 N–H and O–H groups in total. The molecule has 1 aliphatic rings. The molecular formula is C13H10O2S. The van der Waals surface area contributed by atoms with Crippen molar-refractivity contribution in [2.75, 3.05) is 0 Å². The van der Waals surface area contributed by atoms with Crippen molar-refractivity contribution in [2.45, 2.75) is 16.4 Å². The lowest BCUT2D eigenvalue weighted by Gasteiger charge is -2.20. The number of ether oxygens (including phenoxy) is 1. The summed E-state index contributed by atoms with van der Waals surface area (Å²) < 4.78 is 5.79.